The van der Waals surface area contributed by atoms with Crippen molar-refractivity contribution < 1.29 is 13.2 Å². The van der Waals surface area contributed by atoms with E-state index in [-0.39, 0.29) is 16.8 Å². The Kier molecular flexibility index (Phi) is 6.58. The fourth-order valence-electron chi connectivity index (χ4n) is 4.15. The third-order valence-electron chi connectivity index (χ3n) is 6.27. The normalized spacial score (nSPS) is 11.8. The number of rotatable bonds is 7. The quantitative estimate of drug-likeness (QED) is 0.308. The van der Waals surface area contributed by atoms with Gasteiger partial charge in [-0.2, -0.15) is 0 Å². The Labute approximate surface area is 215 Å². The molecule has 2 N–H and O–H groups in total. The summed E-state index contributed by atoms with van der Waals surface area (Å²) < 4.78 is 24.9. The Morgan fingerprint density at radius 1 is 0.865 bits per heavy atom. The highest BCUT2D eigenvalue weighted by Crippen LogP contribution is 2.26. The number of hydrogen-bond donors (Lipinski definition) is 2. The van der Waals surface area contributed by atoms with Crippen LogP contribution in [-0.2, 0) is 9.84 Å². The van der Waals surface area contributed by atoms with Gasteiger partial charge in [0.2, 0.25) is 0 Å². The Bertz CT molecular complexity index is 1610. The van der Waals surface area contributed by atoms with Gasteiger partial charge in [0.15, 0.2) is 15.5 Å². The lowest BCUT2D eigenvalue weighted by Crippen LogP contribution is -2.29. The number of hydrogen-bond acceptors (Lipinski definition) is 5. The molecule has 0 atom stereocenters. The zero-order valence-corrected chi connectivity index (χ0v) is 21.2. The maximum absolute atomic E-state index is 13.5. The summed E-state index contributed by atoms with van der Waals surface area (Å²) in [6.07, 6.45) is 3.21. The van der Waals surface area contributed by atoms with Crippen molar-refractivity contribution in [1.82, 2.24) is 20.3 Å². The van der Waals surface area contributed by atoms with Gasteiger partial charge >= 0.3 is 0 Å². The van der Waals surface area contributed by atoms with E-state index < -0.39 is 15.1 Å². The summed E-state index contributed by atoms with van der Waals surface area (Å²) in [5.74, 6) is -0.284. The van der Waals surface area contributed by atoms with E-state index in [4.69, 9.17) is 4.98 Å². The van der Waals surface area contributed by atoms with Crippen molar-refractivity contribution in [2.24, 2.45) is 0 Å². The molecule has 3 aromatic carbocycles. The molecule has 7 nitrogen and oxygen atoms in total. The fourth-order valence-corrected chi connectivity index (χ4v) is 5.21. The van der Waals surface area contributed by atoms with Crippen LogP contribution < -0.4 is 5.32 Å². The lowest BCUT2D eigenvalue weighted by atomic mass is 9.98. The van der Waals surface area contributed by atoms with Gasteiger partial charge < -0.3 is 10.3 Å². The average molecular weight is 511 g/mol. The smallest absolute Gasteiger partial charge is 0.255 e. The molecule has 0 fully saturated rings. The summed E-state index contributed by atoms with van der Waals surface area (Å²) in [7, 11) is -3.37. The predicted molar refractivity (Wildman–Crippen MR) is 144 cm³/mol. The van der Waals surface area contributed by atoms with Crippen LogP contribution in [0.3, 0.4) is 0 Å². The summed E-state index contributed by atoms with van der Waals surface area (Å²) in [6.45, 7) is 3.31. The second-order valence-corrected chi connectivity index (χ2v) is 11.5. The lowest BCUT2D eigenvalue weighted by Gasteiger charge is -2.19. The van der Waals surface area contributed by atoms with Crippen molar-refractivity contribution in [3.05, 3.63) is 114 Å². The highest BCUT2D eigenvalue weighted by atomic mass is 32.2. The second kappa shape index (κ2) is 9.99. The fraction of sp³-hybridized carbons (Fsp3) is 0.138. The molecule has 0 spiro atoms. The molecule has 0 aliphatic carbocycles. The largest absolute Gasteiger partial charge is 0.344 e. The minimum Gasteiger partial charge on any atom is -0.344 e. The molecule has 0 saturated carbocycles. The Morgan fingerprint density at radius 3 is 2.03 bits per heavy atom. The highest BCUT2D eigenvalue weighted by molar-refractivity contribution is 7.92. The van der Waals surface area contributed by atoms with Crippen molar-refractivity contribution in [3.63, 3.8) is 0 Å². The molecule has 0 aliphatic rings. The molecule has 0 unspecified atom stereocenters. The van der Waals surface area contributed by atoms with Crippen LogP contribution in [0.1, 0.15) is 41.4 Å². The van der Waals surface area contributed by atoms with Crippen molar-refractivity contribution in [1.29, 1.82) is 0 Å². The summed E-state index contributed by atoms with van der Waals surface area (Å²) >= 11 is 0. The number of carbonyl (C=O) groups excluding carboxylic acids is 1. The molecule has 2 heterocycles. The van der Waals surface area contributed by atoms with Crippen LogP contribution in [0.15, 0.2) is 102 Å². The minimum atomic E-state index is -3.37. The van der Waals surface area contributed by atoms with Crippen LogP contribution in [-0.4, -0.2) is 34.5 Å². The number of H-pyrrole nitrogens is 1. The van der Waals surface area contributed by atoms with Gasteiger partial charge in [-0.25, -0.2) is 18.4 Å². The van der Waals surface area contributed by atoms with Gasteiger partial charge in [-0.15, -0.1) is 0 Å². The highest BCUT2D eigenvalue weighted by Gasteiger charge is 2.22. The molecule has 1 amide bonds. The Balaban J connectivity index is 1.47. The number of sulfone groups is 1. The number of carbonyl (C=O) groups is 1. The van der Waals surface area contributed by atoms with E-state index in [0.717, 1.165) is 11.1 Å². The summed E-state index contributed by atoms with van der Waals surface area (Å²) in [6, 6.07) is 25.8. The molecule has 0 saturated heterocycles. The van der Waals surface area contributed by atoms with E-state index in [9.17, 15) is 13.2 Å². The lowest BCUT2D eigenvalue weighted by molar-refractivity contribution is 0.0944. The average Bonchev–Trinajstić information content (AvgIpc) is 3.36. The van der Waals surface area contributed by atoms with Crippen LogP contribution in [0, 0.1) is 0 Å². The van der Waals surface area contributed by atoms with Gasteiger partial charge in [0.25, 0.3) is 5.91 Å². The maximum Gasteiger partial charge on any atom is 0.255 e. The van der Waals surface area contributed by atoms with E-state index in [2.05, 4.69) is 15.3 Å². The first-order valence-electron chi connectivity index (χ1n) is 11.9. The van der Waals surface area contributed by atoms with Crippen molar-refractivity contribution >= 4 is 26.9 Å². The number of aromatic nitrogens is 3. The van der Waals surface area contributed by atoms with Crippen LogP contribution in [0.5, 0.6) is 0 Å². The van der Waals surface area contributed by atoms with Crippen LogP contribution in [0.4, 0.5) is 0 Å². The number of amides is 1. The molecular weight excluding hydrogens is 484 g/mol. The van der Waals surface area contributed by atoms with E-state index >= 15 is 0 Å². The SMILES string of the molecule is CC(C)S(=O)(=O)c1ccc(-c2cnc3[nH]cc(C(=O)NC(c4ccccc4)c4ccccc4)c3n2)cc1. The molecule has 5 rings (SSSR count). The molecule has 186 valence electrons. The van der Waals surface area contributed by atoms with Crippen molar-refractivity contribution in [2.45, 2.75) is 30.0 Å². The van der Waals surface area contributed by atoms with Gasteiger partial charge in [-0.05, 0) is 37.1 Å². The van der Waals surface area contributed by atoms with E-state index in [1.807, 2.05) is 60.7 Å². The van der Waals surface area contributed by atoms with Gasteiger partial charge in [-0.3, -0.25) is 4.79 Å². The summed E-state index contributed by atoms with van der Waals surface area (Å²) in [4.78, 5) is 25.9. The molecule has 0 bridgehead atoms. The number of benzene rings is 3. The zero-order valence-electron chi connectivity index (χ0n) is 20.4. The second-order valence-electron chi connectivity index (χ2n) is 9.00. The standard InChI is InChI=1S/C29H26N4O3S/c1-19(2)37(35,36)23-15-13-20(14-16-23)25-18-31-28-27(32-25)24(17-30-28)29(34)33-26(21-9-5-3-6-10-21)22-11-7-4-8-12-22/h3-19,26H,1-2H3,(H,30,31)(H,33,34). The van der Waals surface area contributed by atoms with Crippen LogP contribution in [0.25, 0.3) is 22.4 Å². The summed E-state index contributed by atoms with van der Waals surface area (Å²) in [5.41, 5.74) is 4.47. The van der Waals surface area contributed by atoms with Gasteiger partial charge in [-0.1, -0.05) is 72.8 Å². The first kappa shape index (κ1) is 24.4. The maximum atomic E-state index is 13.5. The molecule has 8 heteroatoms. The predicted octanol–water partition coefficient (Wildman–Crippen LogP) is 5.33. The van der Waals surface area contributed by atoms with Crippen molar-refractivity contribution in [3.8, 4) is 11.3 Å². The Hall–Kier alpha value is -4.30. The topological polar surface area (TPSA) is 105 Å². The monoisotopic (exact) mass is 510 g/mol. The van der Waals surface area contributed by atoms with Gasteiger partial charge in [0.05, 0.1) is 33.6 Å². The summed E-state index contributed by atoms with van der Waals surface area (Å²) in [5, 5.41) is 2.64. The third-order valence-corrected chi connectivity index (χ3v) is 8.44. The molecule has 5 aromatic rings. The van der Waals surface area contributed by atoms with Crippen LogP contribution >= 0.6 is 0 Å². The van der Waals surface area contributed by atoms with Crippen LogP contribution in [0.2, 0.25) is 0 Å². The zero-order chi connectivity index (χ0) is 26.0. The number of nitrogens with one attached hydrogen (secondary N) is 2. The Morgan fingerprint density at radius 2 is 1.46 bits per heavy atom. The van der Waals surface area contributed by atoms with E-state index in [1.54, 1.807) is 50.5 Å². The molecule has 2 aromatic heterocycles. The third kappa shape index (κ3) is 4.88. The minimum absolute atomic E-state index is 0.259. The molecule has 0 aliphatic heterocycles. The molecule has 0 radical (unpaired) electrons. The molecular formula is C29H26N4O3S. The van der Waals surface area contributed by atoms with Gasteiger partial charge in [0, 0.05) is 11.8 Å². The first-order chi connectivity index (χ1) is 17.8. The van der Waals surface area contributed by atoms with Gasteiger partial charge in [0.1, 0.15) is 5.52 Å². The number of nitrogens with zero attached hydrogens (tertiary/aromatic N) is 2. The number of aromatic amines is 1. The first-order valence-corrected chi connectivity index (χ1v) is 13.5. The molecule has 37 heavy (non-hydrogen) atoms. The van der Waals surface area contributed by atoms with E-state index in [0.29, 0.717) is 28.0 Å². The number of fused-ring (bicyclic) bond motifs is 1. The van der Waals surface area contributed by atoms with Crippen molar-refractivity contribution in [2.75, 3.05) is 0 Å². The van der Waals surface area contributed by atoms with E-state index in [1.165, 1.54) is 0 Å².